The number of hydrogen-bond donors (Lipinski definition) is 4. The van der Waals surface area contributed by atoms with Crippen LogP contribution < -0.4 is 29.0 Å². The highest BCUT2D eigenvalue weighted by atomic mass is 32.2. The number of hydrogen-bond acceptors (Lipinski definition) is 24. The number of ketones is 4. The number of benzene rings is 4. The van der Waals surface area contributed by atoms with Gasteiger partial charge in [0.15, 0.2) is 39.4 Å². The minimum atomic E-state index is -3.78. The number of aromatic nitrogens is 2. The van der Waals surface area contributed by atoms with Crippen LogP contribution in [0.3, 0.4) is 0 Å². The molecule has 26 nitrogen and oxygen atoms in total. The Hall–Kier alpha value is -8.05. The van der Waals surface area contributed by atoms with E-state index in [2.05, 4.69) is 46.0 Å². The maximum absolute atomic E-state index is 15.7. The molecule has 2 aliphatic heterocycles. The lowest BCUT2D eigenvalue weighted by molar-refractivity contribution is -0.141. The van der Waals surface area contributed by atoms with Gasteiger partial charge in [-0.25, -0.2) is 21.1 Å². The number of methoxy groups -OCH3 is 2. The van der Waals surface area contributed by atoms with Crippen LogP contribution in [-0.4, -0.2) is 201 Å². The SMILES string of the molecule is COc1cc(NCCS(=O)(=O)N2CCCC2)c(C)c2c1C[C@H]1C[C@H]3[C@H](N(C)C)c4onc(OCc5ccccc5)c4C(=O)[C@@]3(O[Si](C)(C)C(C)(C)C)C(=O)C1=C2O.COc1cc(NS(=O)(=O)CCN2CCCC2)c(C)c2c1C[C@H]1C[C@H]3[C@H](N(C)C)c4onc(OCc5ccccc5)c4C(=O)[C@@]3(O[Si](C)(C)C(C)(C)C)C(=O)C1=C2O. The van der Waals surface area contributed by atoms with Gasteiger partial charge in [0, 0.05) is 89.2 Å². The monoisotopic (exact) mass is 1640 g/mol. The number of anilines is 2. The van der Waals surface area contributed by atoms with Crippen molar-refractivity contribution in [3.8, 4) is 23.3 Å². The summed E-state index contributed by atoms with van der Waals surface area (Å²) in [5.74, 6) is -3.97. The van der Waals surface area contributed by atoms with E-state index in [1.165, 1.54) is 11.4 Å². The summed E-state index contributed by atoms with van der Waals surface area (Å²) in [7, 11) is -2.50. The average Bonchev–Trinajstić information content (AvgIpc) is 1.12. The van der Waals surface area contributed by atoms with Gasteiger partial charge in [-0.2, -0.15) is 0 Å². The van der Waals surface area contributed by atoms with E-state index < -0.39 is 112 Å². The molecule has 114 heavy (non-hydrogen) atoms. The Balaban J connectivity index is 0.000000199. The second kappa shape index (κ2) is 31.4. The fourth-order valence-electron chi connectivity index (χ4n) is 17.9. The van der Waals surface area contributed by atoms with E-state index in [-0.39, 0.29) is 87.5 Å². The molecule has 0 unspecified atom stereocenters. The maximum Gasteiger partial charge on any atom is 0.265 e. The number of nitrogens with one attached hydrogen (secondary N) is 2. The molecule has 8 atom stereocenters. The summed E-state index contributed by atoms with van der Waals surface area (Å²) in [6.45, 7) is 27.5. The van der Waals surface area contributed by atoms with Gasteiger partial charge in [0.25, 0.3) is 11.8 Å². The second-order valence-corrected chi connectivity index (χ2v) is 48.8. The van der Waals surface area contributed by atoms with E-state index in [0.29, 0.717) is 102 Å². The standard InChI is InChI=1S/2C42H56N4O9SSi/c1-25-30(43-17-20-56(50,51)46-18-13-14-19-46)23-31(52-7)28-21-27-22-29-35(45(5)6)37-34(40(44-54-37)53-24-26-15-11-10-12-16-26)39(49)42(29,55-57(8,9)41(2,3)4)38(48)33(27)36(47)32(25)28;1-25-30(44-56(50,51)20-19-46-17-13-14-18-46)23-31(52-7)28-21-27-22-29-35(45(5)6)37-34(40(43-54-37)53-24-26-15-11-10-12-16-26)39(49)42(29,55-57(8,9)41(2,3)4)38(48)33(27)36(47)32(25)28/h10-12,15-16,23,27,29,35,43,47H,13-14,17-22,24H2,1-9H3;10-12,15-16,23,27,29,35,44,47H,13-14,17-22,24H2,1-9H3/t2*27-,29-,35-,42-/m00/s1. The van der Waals surface area contributed by atoms with Crippen LogP contribution in [0.25, 0.3) is 11.5 Å². The van der Waals surface area contributed by atoms with Crippen LogP contribution in [0.5, 0.6) is 23.3 Å². The van der Waals surface area contributed by atoms with Gasteiger partial charge in [0.1, 0.15) is 47.4 Å². The molecule has 30 heteroatoms. The Bertz CT molecular complexity index is 5040. The molecule has 0 amide bonds. The van der Waals surface area contributed by atoms with Gasteiger partial charge in [0.05, 0.1) is 43.5 Å². The highest BCUT2D eigenvalue weighted by molar-refractivity contribution is 7.92. The van der Waals surface area contributed by atoms with E-state index in [1.807, 2.05) is 159 Å². The van der Waals surface area contributed by atoms with Gasteiger partial charge in [-0.1, -0.05) is 102 Å². The summed E-state index contributed by atoms with van der Waals surface area (Å²) in [6, 6.07) is 21.3. The average molecular weight is 1640 g/mol. The number of nitrogens with zero attached hydrogens (tertiary/aromatic N) is 6. The first-order valence-electron chi connectivity index (χ1n) is 39.6. The second-order valence-electron chi connectivity index (χ2n) is 35.4. The van der Waals surface area contributed by atoms with E-state index in [4.69, 9.17) is 36.8 Å². The Morgan fingerprint density at radius 2 is 0.982 bits per heavy atom. The number of fused-ring (bicyclic) bond motifs is 8. The van der Waals surface area contributed by atoms with Crippen molar-refractivity contribution in [1.29, 1.82) is 0 Å². The summed E-state index contributed by atoms with van der Waals surface area (Å²) in [5.41, 5.74) is 2.11. The molecule has 616 valence electrons. The first kappa shape index (κ1) is 83.9. The molecule has 4 heterocycles. The molecule has 6 aromatic rings. The molecule has 4 aromatic carbocycles. The van der Waals surface area contributed by atoms with Crippen LogP contribution in [-0.2, 0) is 64.5 Å². The number of ether oxygens (including phenoxy) is 4. The molecule has 4 fully saturated rings. The molecule has 2 saturated heterocycles. The van der Waals surface area contributed by atoms with Gasteiger partial charge < -0.3 is 57.3 Å². The Kier molecular flexibility index (Phi) is 23.1. The number of carbonyl (C=O) groups excluding carboxylic acids is 4. The largest absolute Gasteiger partial charge is 0.507 e. The summed E-state index contributed by atoms with van der Waals surface area (Å²) in [5, 5.41) is 35.9. The van der Waals surface area contributed by atoms with Crippen molar-refractivity contribution >= 4 is 82.7 Å². The molecule has 14 rings (SSSR count). The quantitative estimate of drug-likeness (QED) is 0.0323. The number of aliphatic hydroxyl groups is 2. The van der Waals surface area contributed by atoms with Crippen LogP contribution in [0.1, 0.15) is 169 Å². The zero-order valence-corrected chi connectivity index (χ0v) is 72.7. The molecule has 2 aromatic heterocycles. The minimum Gasteiger partial charge on any atom is -0.507 e. The fourth-order valence-corrected chi connectivity index (χ4v) is 23.4. The number of carbonyl (C=O) groups is 4. The lowest BCUT2D eigenvalue weighted by Gasteiger charge is -2.55. The Morgan fingerprint density at radius 3 is 1.39 bits per heavy atom. The van der Waals surface area contributed by atoms with Crippen molar-refractivity contribution in [1.82, 2.24) is 29.3 Å². The van der Waals surface area contributed by atoms with Crippen molar-refractivity contribution in [2.75, 3.05) is 103 Å². The number of aliphatic hydroxyl groups excluding tert-OH is 2. The lowest BCUT2D eigenvalue weighted by Crippen LogP contribution is -2.68. The summed E-state index contributed by atoms with van der Waals surface area (Å²) >= 11 is 0. The van der Waals surface area contributed by atoms with Gasteiger partial charge >= 0.3 is 0 Å². The van der Waals surface area contributed by atoms with Crippen molar-refractivity contribution in [3.63, 3.8) is 0 Å². The van der Waals surface area contributed by atoms with Crippen LogP contribution in [0.2, 0.25) is 36.3 Å². The number of Topliss-reactive ketones (excluding diaryl/α,β-unsaturated/α-hetero) is 4. The van der Waals surface area contributed by atoms with Crippen LogP contribution in [0.4, 0.5) is 11.4 Å². The Morgan fingerprint density at radius 1 is 0.579 bits per heavy atom. The van der Waals surface area contributed by atoms with Gasteiger partial charge in [-0.05, 0) is 187 Å². The summed E-state index contributed by atoms with van der Waals surface area (Å²) < 4.78 is 108. The normalized spacial score (nSPS) is 23.9. The third-order valence-electron chi connectivity index (χ3n) is 25.8. The number of rotatable bonds is 24. The molecule has 2 saturated carbocycles. The molecular formula is C84H112N8O18S2Si2. The van der Waals surface area contributed by atoms with Crippen molar-refractivity contribution in [3.05, 3.63) is 151 Å². The molecule has 4 N–H and O–H groups in total. The smallest absolute Gasteiger partial charge is 0.265 e. The predicted molar refractivity (Wildman–Crippen MR) is 439 cm³/mol. The van der Waals surface area contributed by atoms with E-state index in [1.54, 1.807) is 20.1 Å². The van der Waals surface area contributed by atoms with E-state index in [0.717, 1.165) is 55.5 Å². The topological polar surface area (TPSA) is 321 Å². The zero-order valence-electron chi connectivity index (χ0n) is 69.0. The van der Waals surface area contributed by atoms with Crippen molar-refractivity contribution in [2.24, 2.45) is 23.7 Å². The summed E-state index contributed by atoms with van der Waals surface area (Å²) in [4.78, 5) is 68.4. The fraction of sp³-hybridized carbons (Fsp3) is 0.548. The van der Waals surface area contributed by atoms with Crippen molar-refractivity contribution < 1.29 is 83.1 Å². The highest BCUT2D eigenvalue weighted by Crippen LogP contribution is 2.62. The minimum absolute atomic E-state index is 0.00693. The third kappa shape index (κ3) is 14.9. The van der Waals surface area contributed by atoms with Gasteiger partial charge in [-0.15, -0.1) is 0 Å². The third-order valence-corrected chi connectivity index (χ3v) is 37.8. The van der Waals surface area contributed by atoms with E-state index >= 15 is 19.2 Å². The first-order valence-corrected chi connectivity index (χ1v) is 48.7. The number of likely N-dealkylation sites (tertiary alicyclic amines) is 1. The zero-order chi connectivity index (χ0) is 82.5. The Labute approximate surface area is 672 Å². The molecule has 0 radical (unpaired) electrons. The van der Waals surface area contributed by atoms with Crippen LogP contribution >= 0.6 is 0 Å². The maximum atomic E-state index is 15.7. The molecule has 8 aliphatic rings. The molecular weight excluding hydrogens is 1530 g/mol. The molecule has 6 aliphatic carbocycles. The van der Waals surface area contributed by atoms with Crippen LogP contribution in [0, 0.1) is 37.5 Å². The van der Waals surface area contributed by atoms with Gasteiger partial charge in [-0.3, -0.25) is 33.7 Å². The highest BCUT2D eigenvalue weighted by Gasteiger charge is 2.71. The molecule has 0 bridgehead atoms. The predicted octanol–water partition coefficient (Wildman–Crippen LogP) is 13.4. The van der Waals surface area contributed by atoms with Crippen LogP contribution in [0.15, 0.2) is 93.0 Å². The first-order chi connectivity index (χ1) is 53.6. The lowest BCUT2D eigenvalue weighted by atomic mass is 9.57. The summed E-state index contributed by atoms with van der Waals surface area (Å²) in [6.07, 6.45) is 5.11. The molecule has 0 spiro atoms. The number of sulfonamides is 2. The van der Waals surface area contributed by atoms with Crippen molar-refractivity contribution in [2.45, 2.75) is 180 Å². The van der Waals surface area contributed by atoms with E-state index in [9.17, 15) is 27.0 Å². The van der Waals surface area contributed by atoms with Gasteiger partial charge in [0.2, 0.25) is 43.2 Å².